The van der Waals surface area contributed by atoms with Gasteiger partial charge in [-0.2, -0.15) is 11.3 Å². The van der Waals surface area contributed by atoms with E-state index in [1.165, 1.54) is 11.6 Å². The summed E-state index contributed by atoms with van der Waals surface area (Å²) in [5.41, 5.74) is 2.39. The lowest BCUT2D eigenvalue weighted by Gasteiger charge is -2.18. The molecule has 0 amide bonds. The molecular weight excluding hydrogens is 272 g/mol. The van der Waals surface area contributed by atoms with E-state index in [1.807, 2.05) is 6.07 Å². The molecular formula is C15H18N2O2S. The van der Waals surface area contributed by atoms with Gasteiger partial charge in [0.25, 0.3) is 5.69 Å². The average molecular weight is 290 g/mol. The number of rotatable bonds is 7. The van der Waals surface area contributed by atoms with Crippen LogP contribution in [0, 0.1) is 10.1 Å². The molecule has 2 aromatic rings. The SMILES string of the molecule is CCCC(NCc1ccsc1)c1cccc([N+](=O)[O-])c1. The van der Waals surface area contributed by atoms with Crippen LogP contribution in [-0.4, -0.2) is 4.92 Å². The van der Waals surface area contributed by atoms with Crippen molar-refractivity contribution in [2.75, 3.05) is 0 Å². The lowest BCUT2D eigenvalue weighted by atomic mass is 10.0. The van der Waals surface area contributed by atoms with E-state index in [-0.39, 0.29) is 16.7 Å². The molecule has 0 spiro atoms. The molecule has 0 bridgehead atoms. The summed E-state index contributed by atoms with van der Waals surface area (Å²) in [7, 11) is 0. The Hall–Kier alpha value is -1.72. The maximum absolute atomic E-state index is 10.9. The highest BCUT2D eigenvalue weighted by Gasteiger charge is 2.14. The van der Waals surface area contributed by atoms with Crippen LogP contribution >= 0.6 is 11.3 Å². The smallest absolute Gasteiger partial charge is 0.269 e. The highest BCUT2D eigenvalue weighted by atomic mass is 32.1. The van der Waals surface area contributed by atoms with Crippen molar-refractivity contribution in [3.05, 3.63) is 62.3 Å². The fraction of sp³-hybridized carbons (Fsp3) is 0.333. The first-order chi connectivity index (χ1) is 9.70. The zero-order chi connectivity index (χ0) is 14.4. The van der Waals surface area contributed by atoms with Crippen LogP contribution in [0.4, 0.5) is 5.69 Å². The lowest BCUT2D eigenvalue weighted by Crippen LogP contribution is -2.20. The minimum atomic E-state index is -0.342. The second-order valence-electron chi connectivity index (χ2n) is 4.71. The van der Waals surface area contributed by atoms with Crippen molar-refractivity contribution < 1.29 is 4.92 Å². The van der Waals surface area contributed by atoms with Crippen LogP contribution in [-0.2, 0) is 6.54 Å². The number of nitro groups is 1. The molecule has 0 fully saturated rings. The number of non-ortho nitro benzene ring substituents is 1. The Morgan fingerprint density at radius 2 is 2.25 bits per heavy atom. The Morgan fingerprint density at radius 1 is 1.40 bits per heavy atom. The van der Waals surface area contributed by atoms with Crippen LogP contribution in [0.25, 0.3) is 0 Å². The number of hydrogen-bond donors (Lipinski definition) is 1. The Kier molecular flexibility index (Phi) is 5.26. The molecule has 0 saturated heterocycles. The Labute approximate surface area is 122 Å². The number of thiophene rings is 1. The van der Waals surface area contributed by atoms with Crippen LogP contribution in [0.3, 0.4) is 0 Å². The van der Waals surface area contributed by atoms with Gasteiger partial charge in [0.05, 0.1) is 4.92 Å². The molecule has 5 heteroatoms. The third kappa shape index (κ3) is 3.88. The van der Waals surface area contributed by atoms with E-state index in [2.05, 4.69) is 29.1 Å². The van der Waals surface area contributed by atoms with Crippen LogP contribution in [0.2, 0.25) is 0 Å². The summed E-state index contributed by atoms with van der Waals surface area (Å²) in [6.07, 6.45) is 2.00. The minimum Gasteiger partial charge on any atom is -0.306 e. The van der Waals surface area contributed by atoms with Gasteiger partial charge in [-0.05, 0) is 34.4 Å². The molecule has 1 unspecified atom stereocenters. The first-order valence-corrected chi connectivity index (χ1v) is 7.63. The third-order valence-electron chi connectivity index (χ3n) is 3.19. The summed E-state index contributed by atoms with van der Waals surface area (Å²) in [5, 5.41) is 18.5. The van der Waals surface area contributed by atoms with Gasteiger partial charge in [0, 0.05) is 24.7 Å². The van der Waals surface area contributed by atoms with E-state index >= 15 is 0 Å². The fourth-order valence-corrected chi connectivity index (χ4v) is 2.83. The van der Waals surface area contributed by atoms with Crippen molar-refractivity contribution in [3.8, 4) is 0 Å². The number of nitrogens with zero attached hydrogens (tertiary/aromatic N) is 1. The van der Waals surface area contributed by atoms with Gasteiger partial charge in [-0.1, -0.05) is 25.5 Å². The van der Waals surface area contributed by atoms with Crippen molar-refractivity contribution >= 4 is 17.0 Å². The fourth-order valence-electron chi connectivity index (χ4n) is 2.16. The summed E-state index contributed by atoms with van der Waals surface area (Å²) in [6.45, 7) is 2.91. The van der Waals surface area contributed by atoms with E-state index < -0.39 is 0 Å². The normalized spacial score (nSPS) is 12.2. The molecule has 0 saturated carbocycles. The van der Waals surface area contributed by atoms with Crippen molar-refractivity contribution in [2.24, 2.45) is 0 Å². The standard InChI is InChI=1S/C15H18N2O2S/c1-2-4-15(16-10-12-7-8-20-11-12)13-5-3-6-14(9-13)17(18)19/h3,5-9,11,15-16H,2,4,10H2,1H3. The summed E-state index contributed by atoms with van der Waals surface area (Å²) >= 11 is 1.68. The molecule has 0 radical (unpaired) electrons. The molecule has 1 heterocycles. The Balaban J connectivity index is 2.10. The van der Waals surface area contributed by atoms with Gasteiger partial charge in [-0.15, -0.1) is 0 Å². The van der Waals surface area contributed by atoms with E-state index in [0.717, 1.165) is 24.9 Å². The minimum absolute atomic E-state index is 0.153. The number of nitrogens with one attached hydrogen (secondary N) is 1. The Bertz CT molecular complexity index is 555. The third-order valence-corrected chi connectivity index (χ3v) is 3.93. The van der Waals surface area contributed by atoms with E-state index in [9.17, 15) is 10.1 Å². The summed E-state index contributed by atoms with van der Waals surface area (Å²) in [4.78, 5) is 10.5. The van der Waals surface area contributed by atoms with Crippen LogP contribution in [0.5, 0.6) is 0 Å². The van der Waals surface area contributed by atoms with Gasteiger partial charge in [0.15, 0.2) is 0 Å². The quantitative estimate of drug-likeness (QED) is 0.611. The van der Waals surface area contributed by atoms with Gasteiger partial charge in [0.1, 0.15) is 0 Å². The highest BCUT2D eigenvalue weighted by molar-refractivity contribution is 7.07. The second kappa shape index (κ2) is 7.17. The number of benzene rings is 1. The molecule has 1 N–H and O–H groups in total. The van der Waals surface area contributed by atoms with Crippen molar-refractivity contribution in [1.29, 1.82) is 0 Å². The van der Waals surface area contributed by atoms with Crippen LogP contribution in [0.15, 0.2) is 41.1 Å². The molecule has 1 aromatic heterocycles. The molecule has 4 nitrogen and oxygen atoms in total. The zero-order valence-corrected chi connectivity index (χ0v) is 12.2. The first kappa shape index (κ1) is 14.7. The predicted octanol–water partition coefficient (Wildman–Crippen LogP) is 4.29. The number of hydrogen-bond acceptors (Lipinski definition) is 4. The van der Waals surface area contributed by atoms with Crippen LogP contribution in [0.1, 0.15) is 36.9 Å². The topological polar surface area (TPSA) is 55.2 Å². The van der Waals surface area contributed by atoms with Crippen molar-refractivity contribution in [3.63, 3.8) is 0 Å². The van der Waals surface area contributed by atoms with E-state index in [4.69, 9.17) is 0 Å². The van der Waals surface area contributed by atoms with Crippen molar-refractivity contribution in [1.82, 2.24) is 5.32 Å². The maximum Gasteiger partial charge on any atom is 0.269 e. The lowest BCUT2D eigenvalue weighted by molar-refractivity contribution is -0.384. The molecule has 0 aliphatic heterocycles. The summed E-state index contributed by atoms with van der Waals surface area (Å²) in [5.74, 6) is 0. The van der Waals surface area contributed by atoms with Gasteiger partial charge < -0.3 is 5.32 Å². The van der Waals surface area contributed by atoms with Gasteiger partial charge >= 0.3 is 0 Å². The highest BCUT2D eigenvalue weighted by Crippen LogP contribution is 2.23. The molecule has 1 atom stereocenters. The largest absolute Gasteiger partial charge is 0.306 e. The summed E-state index contributed by atoms with van der Waals surface area (Å²) < 4.78 is 0. The zero-order valence-electron chi connectivity index (χ0n) is 11.4. The van der Waals surface area contributed by atoms with Gasteiger partial charge in [-0.25, -0.2) is 0 Å². The predicted molar refractivity (Wildman–Crippen MR) is 81.9 cm³/mol. The van der Waals surface area contributed by atoms with Crippen LogP contribution < -0.4 is 5.32 Å². The van der Waals surface area contributed by atoms with E-state index in [1.54, 1.807) is 23.5 Å². The first-order valence-electron chi connectivity index (χ1n) is 6.69. The monoisotopic (exact) mass is 290 g/mol. The van der Waals surface area contributed by atoms with E-state index in [0.29, 0.717) is 0 Å². The molecule has 0 aliphatic carbocycles. The molecule has 2 rings (SSSR count). The average Bonchev–Trinajstić information content (AvgIpc) is 2.97. The molecule has 20 heavy (non-hydrogen) atoms. The van der Waals surface area contributed by atoms with Crippen molar-refractivity contribution in [2.45, 2.75) is 32.4 Å². The molecule has 0 aliphatic rings. The Morgan fingerprint density at radius 3 is 2.90 bits per heavy atom. The molecule has 106 valence electrons. The van der Waals surface area contributed by atoms with Gasteiger partial charge in [0.2, 0.25) is 0 Å². The molecule has 1 aromatic carbocycles. The second-order valence-corrected chi connectivity index (χ2v) is 5.49. The maximum atomic E-state index is 10.9. The van der Waals surface area contributed by atoms with Gasteiger partial charge in [-0.3, -0.25) is 10.1 Å². The summed E-state index contributed by atoms with van der Waals surface area (Å²) in [6, 6.07) is 9.15. The number of nitro benzene ring substituents is 1.